The maximum atomic E-state index is 13.4. The van der Waals surface area contributed by atoms with Gasteiger partial charge in [0, 0.05) is 30.4 Å². The minimum absolute atomic E-state index is 0.0128. The van der Waals surface area contributed by atoms with Crippen molar-refractivity contribution >= 4 is 50.9 Å². The van der Waals surface area contributed by atoms with Crippen LogP contribution in [0.4, 0.5) is 16.5 Å². The number of piperidine rings is 2. The van der Waals surface area contributed by atoms with Gasteiger partial charge in [-0.15, -0.1) is 0 Å². The Morgan fingerprint density at radius 3 is 2.52 bits per heavy atom. The molecule has 10 heteroatoms. The predicted octanol–water partition coefficient (Wildman–Crippen LogP) is 5.48. The van der Waals surface area contributed by atoms with Gasteiger partial charge in [-0.2, -0.15) is 4.37 Å². The Morgan fingerprint density at radius 1 is 0.950 bits per heavy atom. The van der Waals surface area contributed by atoms with E-state index in [9.17, 15) is 9.59 Å². The zero-order valence-corrected chi connectivity index (χ0v) is 23.4. The van der Waals surface area contributed by atoms with Crippen LogP contribution in [0.25, 0.3) is 11.0 Å². The maximum Gasteiger partial charge on any atom is 0.260 e. The number of nitrogens with one attached hydrogen (secondary N) is 2. The summed E-state index contributed by atoms with van der Waals surface area (Å²) in [5.41, 5.74) is 3.77. The number of anilines is 3. The van der Waals surface area contributed by atoms with E-state index in [2.05, 4.69) is 29.9 Å². The van der Waals surface area contributed by atoms with E-state index >= 15 is 0 Å². The molecular formula is C30H33N7O2S. The fraction of sp³-hybridized carbons (Fsp3) is 0.367. The van der Waals surface area contributed by atoms with Gasteiger partial charge in [-0.25, -0.2) is 4.98 Å². The molecule has 4 heterocycles. The summed E-state index contributed by atoms with van der Waals surface area (Å²) in [6, 6.07) is 15.4. The van der Waals surface area contributed by atoms with Crippen LogP contribution in [0, 0.1) is 6.92 Å². The summed E-state index contributed by atoms with van der Waals surface area (Å²) in [6.07, 6.45) is 7.58. The zero-order chi connectivity index (χ0) is 27.5. The summed E-state index contributed by atoms with van der Waals surface area (Å²) in [6.45, 7) is 5.71. The molecule has 2 fully saturated rings. The Kier molecular flexibility index (Phi) is 7.70. The van der Waals surface area contributed by atoms with Crippen LogP contribution >= 0.6 is 11.5 Å². The lowest BCUT2D eigenvalue weighted by Gasteiger charge is -2.40. The van der Waals surface area contributed by atoms with E-state index in [1.807, 2.05) is 41.3 Å². The molecule has 2 aromatic carbocycles. The third-order valence-corrected chi connectivity index (χ3v) is 8.66. The minimum Gasteiger partial charge on any atom is -0.339 e. The Labute approximate surface area is 237 Å². The lowest BCUT2D eigenvalue weighted by atomic mass is 9.99. The number of carbonyl (C=O) groups is 2. The smallest absolute Gasteiger partial charge is 0.260 e. The number of likely N-dealkylation sites (tertiary alicyclic amines) is 2. The lowest BCUT2D eigenvalue weighted by molar-refractivity contribution is 0.0590. The molecule has 0 bridgehead atoms. The second-order valence-corrected chi connectivity index (χ2v) is 11.3. The van der Waals surface area contributed by atoms with Crippen molar-refractivity contribution in [2.24, 2.45) is 0 Å². The second-order valence-electron chi connectivity index (χ2n) is 10.5. The van der Waals surface area contributed by atoms with Crippen molar-refractivity contribution < 1.29 is 9.59 Å². The van der Waals surface area contributed by atoms with Crippen molar-refractivity contribution in [1.29, 1.82) is 0 Å². The molecule has 2 aromatic heterocycles. The highest BCUT2D eigenvalue weighted by Gasteiger charge is 2.28. The first-order valence-electron chi connectivity index (χ1n) is 13.9. The molecule has 206 valence electrons. The minimum atomic E-state index is -0.297. The zero-order valence-electron chi connectivity index (χ0n) is 22.6. The number of nitrogens with zero attached hydrogens (tertiary/aromatic N) is 5. The first-order valence-corrected chi connectivity index (χ1v) is 14.7. The fourth-order valence-corrected chi connectivity index (χ4v) is 6.48. The van der Waals surface area contributed by atoms with Crippen LogP contribution in [0.1, 0.15) is 58.5 Å². The number of hydrogen-bond acceptors (Lipinski definition) is 8. The van der Waals surface area contributed by atoms with E-state index in [-0.39, 0.29) is 11.8 Å². The van der Waals surface area contributed by atoms with Crippen molar-refractivity contribution in [3.8, 4) is 0 Å². The highest BCUT2D eigenvalue weighted by Crippen LogP contribution is 2.29. The predicted molar refractivity (Wildman–Crippen MR) is 158 cm³/mol. The van der Waals surface area contributed by atoms with Crippen LogP contribution in [0.2, 0.25) is 0 Å². The number of fused-ring (bicyclic) bond motifs is 1. The van der Waals surface area contributed by atoms with E-state index in [0.717, 1.165) is 37.0 Å². The monoisotopic (exact) mass is 555 g/mol. The molecule has 6 rings (SSSR count). The molecule has 40 heavy (non-hydrogen) atoms. The van der Waals surface area contributed by atoms with Gasteiger partial charge in [0.2, 0.25) is 0 Å². The molecule has 0 radical (unpaired) electrons. The number of aromatic nitrogens is 3. The van der Waals surface area contributed by atoms with Crippen LogP contribution in [0.5, 0.6) is 0 Å². The van der Waals surface area contributed by atoms with Gasteiger partial charge >= 0.3 is 0 Å². The molecule has 0 unspecified atom stereocenters. The normalized spacial score (nSPS) is 16.7. The Hall–Kier alpha value is -3.89. The van der Waals surface area contributed by atoms with Gasteiger partial charge in [0.25, 0.3) is 11.8 Å². The molecule has 0 atom stereocenters. The van der Waals surface area contributed by atoms with Crippen molar-refractivity contribution in [2.45, 2.75) is 45.1 Å². The van der Waals surface area contributed by atoms with E-state index < -0.39 is 0 Å². The number of benzene rings is 2. The summed E-state index contributed by atoms with van der Waals surface area (Å²) in [4.78, 5) is 40.3. The van der Waals surface area contributed by atoms with Gasteiger partial charge in [-0.1, -0.05) is 24.6 Å². The van der Waals surface area contributed by atoms with E-state index in [4.69, 9.17) is 0 Å². The molecule has 2 N–H and O–H groups in total. The molecule has 0 saturated carbocycles. The van der Waals surface area contributed by atoms with Crippen LogP contribution < -0.4 is 10.6 Å². The molecule has 2 saturated heterocycles. The highest BCUT2D eigenvalue weighted by molar-refractivity contribution is 7.10. The van der Waals surface area contributed by atoms with Crippen LogP contribution in [-0.2, 0) is 0 Å². The van der Waals surface area contributed by atoms with Crippen LogP contribution in [0.3, 0.4) is 0 Å². The number of aryl methyl sites for hydroxylation is 1. The highest BCUT2D eigenvalue weighted by atomic mass is 32.1. The molecule has 2 aliphatic rings. The average Bonchev–Trinajstić information content (AvgIpc) is 3.37. The molecule has 0 aliphatic carbocycles. The molecule has 0 spiro atoms. The Bertz CT molecular complexity index is 1520. The summed E-state index contributed by atoms with van der Waals surface area (Å²) in [5, 5.41) is 6.76. The van der Waals surface area contributed by atoms with Gasteiger partial charge < -0.3 is 20.4 Å². The third kappa shape index (κ3) is 5.68. The van der Waals surface area contributed by atoms with Gasteiger partial charge in [-0.05, 0) is 87.6 Å². The number of hydrogen-bond donors (Lipinski definition) is 2. The first kappa shape index (κ1) is 26.3. The van der Waals surface area contributed by atoms with Gasteiger partial charge in [0.15, 0.2) is 0 Å². The fourth-order valence-electron chi connectivity index (χ4n) is 5.68. The van der Waals surface area contributed by atoms with Crippen molar-refractivity contribution in [1.82, 2.24) is 24.1 Å². The van der Waals surface area contributed by atoms with E-state index in [0.29, 0.717) is 39.4 Å². The Balaban J connectivity index is 1.11. The number of amides is 2. The first-order chi connectivity index (χ1) is 19.5. The van der Waals surface area contributed by atoms with E-state index in [1.165, 1.54) is 43.9 Å². The Morgan fingerprint density at radius 2 is 1.73 bits per heavy atom. The van der Waals surface area contributed by atoms with E-state index in [1.54, 1.807) is 25.3 Å². The SMILES string of the molecule is Cc1nsc(Nc2cnc3ccccc3n2)c1C(=O)Nc1cccc(C(=O)N2CCC(N3CCCCC3)CC2)c1. The van der Waals surface area contributed by atoms with Gasteiger partial charge in [-0.3, -0.25) is 14.6 Å². The molecule has 2 aliphatic heterocycles. The van der Waals surface area contributed by atoms with Gasteiger partial charge in [0.05, 0.1) is 28.5 Å². The summed E-state index contributed by atoms with van der Waals surface area (Å²) in [7, 11) is 0. The average molecular weight is 556 g/mol. The standard InChI is InChI=1S/C30H33N7O2S/c1-20-27(29(40-35-20)34-26-19-31-24-10-3-4-11-25(24)33-26)28(38)32-22-9-7-8-21(18-22)30(39)37-16-12-23(13-17-37)36-14-5-2-6-15-36/h3-4,7-11,18-19,23H,2,5-6,12-17H2,1H3,(H,32,38)(H,33,34). The molecule has 9 nitrogen and oxygen atoms in total. The molecule has 4 aromatic rings. The van der Waals surface area contributed by atoms with Crippen LogP contribution in [0.15, 0.2) is 54.7 Å². The lowest BCUT2D eigenvalue weighted by Crippen LogP contribution is -2.48. The summed E-state index contributed by atoms with van der Waals surface area (Å²) >= 11 is 1.20. The van der Waals surface area contributed by atoms with Crippen LogP contribution in [-0.4, -0.2) is 68.2 Å². The number of para-hydroxylation sites is 2. The quantitative estimate of drug-likeness (QED) is 0.325. The third-order valence-electron chi connectivity index (χ3n) is 7.81. The van der Waals surface area contributed by atoms with Gasteiger partial charge in [0.1, 0.15) is 10.8 Å². The number of rotatable bonds is 6. The van der Waals surface area contributed by atoms with Crippen molar-refractivity contribution in [2.75, 3.05) is 36.8 Å². The molecule has 2 amide bonds. The largest absolute Gasteiger partial charge is 0.339 e. The van der Waals surface area contributed by atoms with Crippen molar-refractivity contribution in [3.05, 3.63) is 71.5 Å². The number of carbonyl (C=O) groups excluding carboxylic acids is 2. The molecular weight excluding hydrogens is 522 g/mol. The summed E-state index contributed by atoms with van der Waals surface area (Å²) < 4.78 is 4.39. The maximum absolute atomic E-state index is 13.4. The second kappa shape index (κ2) is 11.7. The van der Waals surface area contributed by atoms with Crippen molar-refractivity contribution in [3.63, 3.8) is 0 Å². The summed E-state index contributed by atoms with van der Waals surface area (Å²) in [5.74, 6) is 0.251. The topological polar surface area (TPSA) is 103 Å².